The van der Waals surface area contributed by atoms with E-state index in [4.69, 9.17) is 9.47 Å². The normalized spacial score (nSPS) is 17.4. The monoisotopic (exact) mass is 455 g/mol. The molecule has 3 rings (SSSR count). The molecule has 2 N–H and O–H groups in total. The Balaban J connectivity index is 1.66. The van der Waals surface area contributed by atoms with Crippen molar-refractivity contribution in [2.24, 2.45) is 0 Å². The first kappa shape index (κ1) is 23.6. The SMILES string of the molecule is COC(=O)c1ccc(CNC(=O)CN2C(=O)N[C@@](C)(c3ccc(OC)c(OC)c3)C2=O)cc1. The summed E-state index contributed by atoms with van der Waals surface area (Å²) in [4.78, 5) is 50.4. The van der Waals surface area contributed by atoms with Crippen molar-refractivity contribution < 1.29 is 33.4 Å². The molecular formula is C23H25N3O7. The largest absolute Gasteiger partial charge is 0.493 e. The predicted molar refractivity (Wildman–Crippen MR) is 117 cm³/mol. The Bertz CT molecular complexity index is 1080. The minimum absolute atomic E-state index is 0.164. The third kappa shape index (κ3) is 4.74. The van der Waals surface area contributed by atoms with Gasteiger partial charge in [0.05, 0.1) is 26.9 Å². The van der Waals surface area contributed by atoms with Crippen LogP contribution >= 0.6 is 0 Å². The smallest absolute Gasteiger partial charge is 0.337 e. The van der Waals surface area contributed by atoms with E-state index in [-0.39, 0.29) is 6.54 Å². The maximum Gasteiger partial charge on any atom is 0.337 e. The van der Waals surface area contributed by atoms with Crippen molar-refractivity contribution in [1.82, 2.24) is 15.5 Å². The standard InChI is InChI=1S/C23H25N3O7/c1-23(16-9-10-17(31-2)18(11-16)32-3)21(29)26(22(30)25-23)13-19(27)24-12-14-5-7-15(8-6-14)20(28)33-4/h5-11H,12-13H2,1-4H3,(H,24,27)(H,25,30)/t23-/m0/s1. The number of hydrogen-bond donors (Lipinski definition) is 2. The van der Waals surface area contributed by atoms with Gasteiger partial charge >= 0.3 is 12.0 Å². The number of carbonyl (C=O) groups is 4. The Kier molecular flexibility index (Phi) is 6.86. The van der Waals surface area contributed by atoms with Crippen molar-refractivity contribution in [3.05, 3.63) is 59.2 Å². The van der Waals surface area contributed by atoms with E-state index in [1.165, 1.54) is 21.3 Å². The van der Waals surface area contributed by atoms with Gasteiger partial charge in [-0.1, -0.05) is 18.2 Å². The van der Waals surface area contributed by atoms with Crippen molar-refractivity contribution in [2.45, 2.75) is 19.0 Å². The molecule has 10 nitrogen and oxygen atoms in total. The third-order valence-corrected chi connectivity index (χ3v) is 5.40. The van der Waals surface area contributed by atoms with E-state index >= 15 is 0 Å². The van der Waals surface area contributed by atoms with Gasteiger partial charge in [-0.2, -0.15) is 0 Å². The molecule has 0 unspecified atom stereocenters. The number of carbonyl (C=O) groups excluding carboxylic acids is 4. The van der Waals surface area contributed by atoms with Crippen LogP contribution in [0.4, 0.5) is 4.79 Å². The van der Waals surface area contributed by atoms with Crippen LogP contribution in [-0.4, -0.2) is 56.6 Å². The summed E-state index contributed by atoms with van der Waals surface area (Å²) in [6.07, 6.45) is 0. The van der Waals surface area contributed by atoms with Crippen molar-refractivity contribution in [1.29, 1.82) is 0 Å². The molecule has 174 valence electrons. The molecule has 0 radical (unpaired) electrons. The number of benzene rings is 2. The predicted octanol–water partition coefficient (Wildman–Crippen LogP) is 1.57. The second-order valence-corrected chi connectivity index (χ2v) is 7.48. The molecule has 2 aromatic rings. The molecule has 0 saturated carbocycles. The Morgan fingerprint density at radius 3 is 2.27 bits per heavy atom. The van der Waals surface area contributed by atoms with Gasteiger partial charge in [-0.05, 0) is 42.3 Å². The zero-order chi connectivity index (χ0) is 24.2. The molecule has 1 fully saturated rings. The summed E-state index contributed by atoms with van der Waals surface area (Å²) >= 11 is 0. The van der Waals surface area contributed by atoms with Gasteiger partial charge < -0.3 is 24.8 Å². The number of methoxy groups -OCH3 is 3. The first-order valence-corrected chi connectivity index (χ1v) is 10.0. The Hall–Kier alpha value is -4.08. The molecule has 0 aromatic heterocycles. The summed E-state index contributed by atoms with van der Waals surface area (Å²) < 4.78 is 15.1. The first-order chi connectivity index (χ1) is 15.7. The molecule has 1 saturated heterocycles. The van der Waals surface area contributed by atoms with Crippen LogP contribution in [0.25, 0.3) is 0 Å². The van der Waals surface area contributed by atoms with Crippen LogP contribution in [0, 0.1) is 0 Å². The van der Waals surface area contributed by atoms with E-state index in [0.717, 1.165) is 10.5 Å². The maximum absolute atomic E-state index is 13.1. The molecule has 1 atom stereocenters. The van der Waals surface area contributed by atoms with Gasteiger partial charge in [0, 0.05) is 6.54 Å². The lowest BCUT2D eigenvalue weighted by Crippen LogP contribution is -2.43. The topological polar surface area (TPSA) is 123 Å². The number of rotatable bonds is 8. The fraction of sp³-hybridized carbons (Fsp3) is 0.304. The molecular weight excluding hydrogens is 430 g/mol. The van der Waals surface area contributed by atoms with E-state index in [1.807, 2.05) is 0 Å². The van der Waals surface area contributed by atoms with Gasteiger partial charge in [0.1, 0.15) is 12.1 Å². The zero-order valence-electron chi connectivity index (χ0n) is 18.8. The van der Waals surface area contributed by atoms with Crippen LogP contribution in [0.1, 0.15) is 28.4 Å². The van der Waals surface area contributed by atoms with Crippen LogP contribution in [0.3, 0.4) is 0 Å². The van der Waals surface area contributed by atoms with Crippen molar-refractivity contribution >= 4 is 23.8 Å². The fourth-order valence-corrected chi connectivity index (χ4v) is 3.46. The Morgan fingerprint density at radius 2 is 1.67 bits per heavy atom. The van der Waals surface area contributed by atoms with E-state index in [0.29, 0.717) is 22.6 Å². The molecule has 1 aliphatic heterocycles. The van der Waals surface area contributed by atoms with Crippen LogP contribution < -0.4 is 20.1 Å². The van der Waals surface area contributed by atoms with E-state index in [9.17, 15) is 19.2 Å². The highest BCUT2D eigenvalue weighted by Gasteiger charge is 2.49. The van der Waals surface area contributed by atoms with E-state index in [1.54, 1.807) is 49.4 Å². The van der Waals surface area contributed by atoms with Gasteiger partial charge in [-0.25, -0.2) is 9.59 Å². The van der Waals surface area contributed by atoms with Crippen LogP contribution in [0.5, 0.6) is 11.5 Å². The molecule has 2 aromatic carbocycles. The fourth-order valence-electron chi connectivity index (χ4n) is 3.46. The van der Waals surface area contributed by atoms with Crippen LogP contribution in [0.2, 0.25) is 0 Å². The van der Waals surface area contributed by atoms with E-state index in [2.05, 4.69) is 15.4 Å². The van der Waals surface area contributed by atoms with Crippen molar-refractivity contribution in [3.8, 4) is 11.5 Å². The third-order valence-electron chi connectivity index (χ3n) is 5.40. The summed E-state index contributed by atoms with van der Waals surface area (Å²) in [7, 11) is 4.26. The summed E-state index contributed by atoms with van der Waals surface area (Å²) in [6.45, 7) is 1.29. The summed E-state index contributed by atoms with van der Waals surface area (Å²) in [5.41, 5.74) is 0.262. The lowest BCUT2D eigenvalue weighted by Gasteiger charge is -2.23. The average molecular weight is 455 g/mol. The number of nitrogens with one attached hydrogen (secondary N) is 2. The number of amides is 4. The van der Waals surface area contributed by atoms with Gasteiger partial charge in [-0.15, -0.1) is 0 Å². The second-order valence-electron chi connectivity index (χ2n) is 7.48. The molecule has 1 heterocycles. The van der Waals surface area contributed by atoms with Crippen LogP contribution in [-0.2, 0) is 26.4 Å². The minimum atomic E-state index is -1.36. The zero-order valence-corrected chi connectivity index (χ0v) is 18.8. The second kappa shape index (κ2) is 9.60. The Morgan fingerprint density at radius 1 is 1.00 bits per heavy atom. The molecule has 33 heavy (non-hydrogen) atoms. The quantitative estimate of drug-likeness (QED) is 0.458. The van der Waals surface area contributed by atoms with Gasteiger partial charge in [-0.3, -0.25) is 14.5 Å². The molecule has 0 spiro atoms. The van der Waals surface area contributed by atoms with E-state index < -0.39 is 35.9 Å². The summed E-state index contributed by atoms with van der Waals surface area (Å²) in [6, 6.07) is 10.7. The molecule has 1 aliphatic rings. The highest BCUT2D eigenvalue weighted by atomic mass is 16.5. The molecule has 0 bridgehead atoms. The lowest BCUT2D eigenvalue weighted by atomic mass is 9.91. The van der Waals surface area contributed by atoms with Gasteiger partial charge in [0.2, 0.25) is 5.91 Å². The Labute approximate surface area is 190 Å². The molecule has 4 amide bonds. The highest BCUT2D eigenvalue weighted by molar-refractivity contribution is 6.09. The first-order valence-electron chi connectivity index (χ1n) is 10.0. The molecule has 0 aliphatic carbocycles. The number of esters is 1. The van der Waals surface area contributed by atoms with Crippen LogP contribution in [0.15, 0.2) is 42.5 Å². The lowest BCUT2D eigenvalue weighted by molar-refractivity contribution is -0.134. The number of hydrogen-bond acceptors (Lipinski definition) is 7. The summed E-state index contributed by atoms with van der Waals surface area (Å²) in [5, 5.41) is 5.32. The maximum atomic E-state index is 13.1. The number of ether oxygens (including phenoxy) is 3. The number of urea groups is 1. The van der Waals surface area contributed by atoms with Gasteiger partial charge in [0.15, 0.2) is 11.5 Å². The number of nitrogens with zero attached hydrogens (tertiary/aromatic N) is 1. The van der Waals surface area contributed by atoms with Gasteiger partial charge in [0.25, 0.3) is 5.91 Å². The summed E-state index contributed by atoms with van der Waals surface area (Å²) in [5.74, 6) is -0.628. The van der Waals surface area contributed by atoms with Crippen molar-refractivity contribution in [3.63, 3.8) is 0 Å². The van der Waals surface area contributed by atoms with Crippen molar-refractivity contribution in [2.75, 3.05) is 27.9 Å². The minimum Gasteiger partial charge on any atom is -0.493 e. The highest BCUT2D eigenvalue weighted by Crippen LogP contribution is 2.35. The molecule has 10 heteroatoms. The number of imide groups is 1. The average Bonchev–Trinajstić information content (AvgIpc) is 3.05.